The summed E-state index contributed by atoms with van der Waals surface area (Å²) >= 11 is 7.30. The fourth-order valence-electron chi connectivity index (χ4n) is 1.15. The van der Waals surface area contributed by atoms with Crippen molar-refractivity contribution in [2.24, 2.45) is 0 Å². The SMILES string of the molecule is N#Cc1c(Cl)cccc1Sc1cnccn1. The van der Waals surface area contributed by atoms with Crippen molar-refractivity contribution in [2.75, 3.05) is 0 Å². The van der Waals surface area contributed by atoms with Crippen LogP contribution in [0.25, 0.3) is 0 Å². The van der Waals surface area contributed by atoms with Crippen LogP contribution in [0, 0.1) is 11.3 Å². The zero-order valence-electron chi connectivity index (χ0n) is 8.09. The molecule has 1 aromatic carbocycles. The molecular weight excluding hydrogens is 242 g/mol. The standard InChI is InChI=1S/C11H6ClN3S/c12-9-2-1-3-10(8(9)6-13)16-11-7-14-4-5-15-11/h1-5,7H. The Morgan fingerprint density at radius 3 is 2.88 bits per heavy atom. The number of hydrogen-bond donors (Lipinski definition) is 0. The molecule has 0 amide bonds. The zero-order valence-corrected chi connectivity index (χ0v) is 9.66. The van der Waals surface area contributed by atoms with E-state index in [1.54, 1.807) is 24.7 Å². The molecule has 0 saturated carbocycles. The van der Waals surface area contributed by atoms with Crippen molar-refractivity contribution < 1.29 is 0 Å². The van der Waals surface area contributed by atoms with Gasteiger partial charge < -0.3 is 0 Å². The molecule has 78 valence electrons. The Hall–Kier alpha value is -1.57. The number of benzene rings is 1. The average molecular weight is 248 g/mol. The number of halogens is 1. The first kappa shape index (κ1) is 10.9. The third-order valence-electron chi connectivity index (χ3n) is 1.84. The number of nitrogens with zero attached hydrogens (tertiary/aromatic N) is 3. The second-order valence-corrected chi connectivity index (χ2v) is 4.34. The summed E-state index contributed by atoms with van der Waals surface area (Å²) in [5.41, 5.74) is 0.472. The lowest BCUT2D eigenvalue weighted by molar-refractivity contribution is 1.05. The second-order valence-electron chi connectivity index (χ2n) is 2.87. The van der Waals surface area contributed by atoms with E-state index in [0.29, 0.717) is 10.6 Å². The minimum atomic E-state index is 0.455. The normalized spacial score (nSPS) is 9.75. The molecule has 0 atom stereocenters. The summed E-state index contributed by atoms with van der Waals surface area (Å²) < 4.78 is 0. The van der Waals surface area contributed by atoms with Gasteiger partial charge in [-0.3, -0.25) is 4.98 Å². The summed E-state index contributed by atoms with van der Waals surface area (Å²) in [5.74, 6) is 0. The molecule has 1 aromatic heterocycles. The highest BCUT2D eigenvalue weighted by Gasteiger charge is 2.08. The Labute approximate surface area is 102 Å². The maximum Gasteiger partial charge on any atom is 0.119 e. The van der Waals surface area contributed by atoms with Crippen molar-refractivity contribution in [1.82, 2.24) is 9.97 Å². The molecule has 0 fully saturated rings. The van der Waals surface area contributed by atoms with E-state index in [9.17, 15) is 0 Å². The first-order valence-corrected chi connectivity index (χ1v) is 5.63. The summed E-state index contributed by atoms with van der Waals surface area (Å²) in [6.07, 6.45) is 4.86. The van der Waals surface area contributed by atoms with Crippen LogP contribution in [0.4, 0.5) is 0 Å². The van der Waals surface area contributed by atoms with Crippen molar-refractivity contribution in [3.8, 4) is 6.07 Å². The van der Waals surface area contributed by atoms with Gasteiger partial charge in [-0.15, -0.1) is 0 Å². The summed E-state index contributed by atoms with van der Waals surface area (Å²) in [4.78, 5) is 8.87. The van der Waals surface area contributed by atoms with Crippen LogP contribution in [-0.2, 0) is 0 Å². The maximum absolute atomic E-state index is 8.99. The van der Waals surface area contributed by atoms with Gasteiger partial charge in [-0.05, 0) is 12.1 Å². The minimum absolute atomic E-state index is 0.455. The van der Waals surface area contributed by atoms with E-state index in [1.807, 2.05) is 12.1 Å². The summed E-state index contributed by atoms with van der Waals surface area (Å²) in [6.45, 7) is 0. The highest BCUT2D eigenvalue weighted by atomic mass is 35.5. The van der Waals surface area contributed by atoms with Gasteiger partial charge in [0.25, 0.3) is 0 Å². The van der Waals surface area contributed by atoms with Crippen LogP contribution in [0.5, 0.6) is 0 Å². The lowest BCUT2D eigenvalue weighted by Gasteiger charge is -2.03. The quantitative estimate of drug-likeness (QED) is 0.818. The summed E-state index contributed by atoms with van der Waals surface area (Å²) in [6, 6.07) is 7.42. The number of hydrogen-bond acceptors (Lipinski definition) is 4. The third kappa shape index (κ3) is 2.32. The monoisotopic (exact) mass is 247 g/mol. The van der Waals surface area contributed by atoms with Crippen LogP contribution in [0.3, 0.4) is 0 Å². The Balaban J connectivity index is 2.36. The number of aromatic nitrogens is 2. The van der Waals surface area contributed by atoms with E-state index < -0.39 is 0 Å². The predicted molar refractivity (Wildman–Crippen MR) is 62.3 cm³/mol. The summed E-state index contributed by atoms with van der Waals surface area (Å²) in [7, 11) is 0. The smallest absolute Gasteiger partial charge is 0.119 e. The minimum Gasteiger partial charge on any atom is -0.260 e. The fraction of sp³-hybridized carbons (Fsp3) is 0. The van der Waals surface area contributed by atoms with Crippen LogP contribution >= 0.6 is 23.4 Å². The third-order valence-corrected chi connectivity index (χ3v) is 3.14. The zero-order chi connectivity index (χ0) is 11.4. The van der Waals surface area contributed by atoms with Gasteiger partial charge >= 0.3 is 0 Å². The lowest BCUT2D eigenvalue weighted by atomic mass is 10.2. The molecule has 0 bridgehead atoms. The van der Waals surface area contributed by atoms with Crippen molar-refractivity contribution in [3.63, 3.8) is 0 Å². The van der Waals surface area contributed by atoms with Gasteiger partial charge in [0, 0.05) is 17.3 Å². The second kappa shape index (κ2) is 4.97. The van der Waals surface area contributed by atoms with Gasteiger partial charge in [0.2, 0.25) is 0 Å². The van der Waals surface area contributed by atoms with Crippen molar-refractivity contribution >= 4 is 23.4 Å². The molecule has 0 unspecified atom stereocenters. The van der Waals surface area contributed by atoms with Crippen molar-refractivity contribution in [1.29, 1.82) is 5.26 Å². The topological polar surface area (TPSA) is 49.6 Å². The van der Waals surface area contributed by atoms with Crippen LogP contribution in [-0.4, -0.2) is 9.97 Å². The van der Waals surface area contributed by atoms with E-state index in [4.69, 9.17) is 16.9 Å². The van der Waals surface area contributed by atoms with Gasteiger partial charge in [-0.2, -0.15) is 5.26 Å². The van der Waals surface area contributed by atoms with Crippen LogP contribution in [0.1, 0.15) is 5.56 Å². The van der Waals surface area contributed by atoms with Crippen LogP contribution in [0.2, 0.25) is 5.02 Å². The first-order chi connectivity index (χ1) is 7.81. The molecule has 0 spiro atoms. The summed E-state index contributed by atoms with van der Waals surface area (Å²) in [5, 5.41) is 10.2. The first-order valence-electron chi connectivity index (χ1n) is 4.44. The average Bonchev–Trinajstić information content (AvgIpc) is 2.31. The van der Waals surface area contributed by atoms with Gasteiger partial charge in [0.15, 0.2) is 0 Å². The van der Waals surface area contributed by atoms with Crippen molar-refractivity contribution in [2.45, 2.75) is 9.92 Å². The number of nitriles is 1. The van der Waals surface area contributed by atoms with E-state index in [1.165, 1.54) is 11.8 Å². The molecule has 16 heavy (non-hydrogen) atoms. The van der Waals surface area contributed by atoms with Crippen LogP contribution < -0.4 is 0 Å². The van der Waals surface area contributed by atoms with Gasteiger partial charge in [0.05, 0.1) is 16.8 Å². The molecule has 0 aliphatic carbocycles. The molecule has 1 heterocycles. The Morgan fingerprint density at radius 1 is 1.31 bits per heavy atom. The van der Waals surface area contributed by atoms with Gasteiger partial charge in [0.1, 0.15) is 11.1 Å². The van der Waals surface area contributed by atoms with E-state index in [-0.39, 0.29) is 0 Å². The van der Waals surface area contributed by atoms with Crippen LogP contribution in [0.15, 0.2) is 46.7 Å². The molecule has 5 heteroatoms. The maximum atomic E-state index is 8.99. The molecule has 2 rings (SSSR count). The molecule has 0 aliphatic rings. The Kier molecular flexibility index (Phi) is 3.40. The Bertz CT molecular complexity index is 537. The molecule has 0 aliphatic heterocycles. The van der Waals surface area contributed by atoms with E-state index in [2.05, 4.69) is 16.0 Å². The lowest BCUT2D eigenvalue weighted by Crippen LogP contribution is -1.85. The molecular formula is C11H6ClN3S. The van der Waals surface area contributed by atoms with Crippen molar-refractivity contribution in [3.05, 3.63) is 47.4 Å². The molecule has 2 aromatic rings. The molecule has 0 saturated heterocycles. The van der Waals surface area contributed by atoms with E-state index in [0.717, 1.165) is 9.92 Å². The fourth-order valence-corrected chi connectivity index (χ4v) is 2.28. The molecule has 3 nitrogen and oxygen atoms in total. The highest BCUT2D eigenvalue weighted by Crippen LogP contribution is 2.31. The van der Waals surface area contributed by atoms with Gasteiger partial charge in [-0.25, -0.2) is 4.98 Å². The largest absolute Gasteiger partial charge is 0.260 e. The number of rotatable bonds is 2. The van der Waals surface area contributed by atoms with Gasteiger partial charge in [-0.1, -0.05) is 29.4 Å². The predicted octanol–water partition coefficient (Wildman–Crippen LogP) is 3.15. The molecule has 0 radical (unpaired) electrons. The Morgan fingerprint density at radius 2 is 2.19 bits per heavy atom. The highest BCUT2D eigenvalue weighted by molar-refractivity contribution is 7.99. The molecule has 0 N–H and O–H groups in total. The van der Waals surface area contributed by atoms with E-state index >= 15 is 0 Å².